The van der Waals surface area contributed by atoms with Gasteiger partial charge in [-0.15, -0.1) is 0 Å². The summed E-state index contributed by atoms with van der Waals surface area (Å²) in [7, 11) is -7.51. The molecule has 13 nitrogen and oxygen atoms in total. The fraction of sp³-hybridized carbons (Fsp3) is 0.444. The molecule has 0 saturated carbocycles. The number of carbonyl (C=O) groups is 2. The van der Waals surface area contributed by atoms with Crippen molar-refractivity contribution in [2.75, 3.05) is 30.2 Å². The molecule has 1 amide bonds. The number of guanidine groups is 1. The van der Waals surface area contributed by atoms with Gasteiger partial charge in [-0.3, -0.25) is 14.5 Å². The zero-order valence-corrected chi connectivity index (χ0v) is 25.0. The topological polar surface area (TPSA) is 203 Å². The van der Waals surface area contributed by atoms with E-state index in [-0.39, 0.29) is 36.8 Å². The van der Waals surface area contributed by atoms with Crippen molar-refractivity contribution in [3.8, 4) is 0 Å². The van der Waals surface area contributed by atoms with E-state index in [4.69, 9.17) is 11.1 Å². The molecule has 6 N–H and O–H groups in total. The quantitative estimate of drug-likeness (QED) is 0.109. The number of aliphatic carboxylic acids is 1. The van der Waals surface area contributed by atoms with Crippen LogP contribution in [-0.4, -0.2) is 82.1 Å². The van der Waals surface area contributed by atoms with Gasteiger partial charge in [0.15, 0.2) is 5.96 Å². The molecule has 1 saturated heterocycles. The monoisotopic (exact) mass is 622 g/mol. The summed E-state index contributed by atoms with van der Waals surface area (Å²) in [5, 5.41) is 22.2. The lowest BCUT2D eigenvalue weighted by Gasteiger charge is -2.25. The SMILES string of the molecule is CS(=O)(=O)N(CCCCCNC(=N)N)c1ccc(C[C@H](NC(=O)[C@@H]2CCCN2S(=O)(=O)c2ccccc2)C(=O)O)cc1. The lowest BCUT2D eigenvalue weighted by Crippen LogP contribution is -2.51. The predicted molar refractivity (Wildman–Crippen MR) is 159 cm³/mol. The molecule has 42 heavy (non-hydrogen) atoms. The van der Waals surface area contributed by atoms with Gasteiger partial charge in [-0.2, -0.15) is 4.31 Å². The third-order valence-electron chi connectivity index (χ3n) is 6.89. The molecule has 2 aromatic rings. The van der Waals surface area contributed by atoms with E-state index >= 15 is 0 Å². The molecule has 3 rings (SSSR count). The van der Waals surface area contributed by atoms with Gasteiger partial charge in [0.1, 0.15) is 12.1 Å². The number of carbonyl (C=O) groups excluding carboxylic acids is 1. The van der Waals surface area contributed by atoms with Crippen LogP contribution in [0.5, 0.6) is 0 Å². The summed E-state index contributed by atoms with van der Waals surface area (Å²) >= 11 is 0. The molecule has 1 heterocycles. The molecule has 2 aromatic carbocycles. The second-order valence-electron chi connectivity index (χ2n) is 10.1. The molecule has 0 bridgehead atoms. The Hall–Kier alpha value is -3.69. The predicted octanol–water partition coefficient (Wildman–Crippen LogP) is 1.07. The number of benzene rings is 2. The summed E-state index contributed by atoms with van der Waals surface area (Å²) < 4.78 is 53.5. The molecule has 2 atom stereocenters. The Morgan fingerprint density at radius 1 is 1.07 bits per heavy atom. The van der Waals surface area contributed by atoms with Crippen LogP contribution in [-0.2, 0) is 36.1 Å². The lowest BCUT2D eigenvalue weighted by molar-refractivity contribution is -0.142. The Bertz CT molecular complexity index is 1450. The van der Waals surface area contributed by atoms with E-state index in [0.29, 0.717) is 30.6 Å². The Morgan fingerprint density at radius 2 is 1.74 bits per heavy atom. The van der Waals surface area contributed by atoms with Crippen LogP contribution in [0.25, 0.3) is 0 Å². The molecular weight excluding hydrogens is 584 g/mol. The van der Waals surface area contributed by atoms with Crippen molar-refractivity contribution >= 4 is 43.6 Å². The Morgan fingerprint density at radius 3 is 2.33 bits per heavy atom. The first-order valence-corrected chi connectivity index (χ1v) is 16.8. The van der Waals surface area contributed by atoms with Crippen molar-refractivity contribution in [3.63, 3.8) is 0 Å². The second kappa shape index (κ2) is 14.5. The summed E-state index contributed by atoms with van der Waals surface area (Å²) in [5.74, 6) is -2.08. The molecule has 0 unspecified atom stereocenters. The minimum absolute atomic E-state index is 0.0627. The van der Waals surface area contributed by atoms with E-state index < -0.39 is 44.0 Å². The number of nitrogens with two attached hydrogens (primary N) is 1. The summed E-state index contributed by atoms with van der Waals surface area (Å²) in [4.78, 5) is 25.2. The third-order valence-corrected chi connectivity index (χ3v) is 10.0. The number of hydrogen-bond donors (Lipinski definition) is 5. The largest absolute Gasteiger partial charge is 0.480 e. The normalized spacial score (nSPS) is 16.5. The minimum atomic E-state index is -3.93. The highest BCUT2D eigenvalue weighted by molar-refractivity contribution is 7.92. The van der Waals surface area contributed by atoms with E-state index in [2.05, 4.69) is 10.6 Å². The Balaban J connectivity index is 1.65. The van der Waals surface area contributed by atoms with Crippen LogP contribution in [0.3, 0.4) is 0 Å². The standard InChI is InChI=1S/C27H38N6O7S2/c1-41(37,38)32(17-7-3-6-16-30-27(28)29)21-14-12-20(13-15-21)19-23(26(35)36)31-25(34)24-11-8-18-33(24)42(39,40)22-9-4-2-5-10-22/h2,4-5,9-10,12-15,23-24H,3,6-8,11,16-19H2,1H3,(H,31,34)(H,35,36)(H4,28,29,30)/t23-,24-/m0/s1. The number of hydrogen-bond acceptors (Lipinski definition) is 7. The van der Waals surface area contributed by atoms with Crippen LogP contribution in [0.15, 0.2) is 59.5 Å². The molecule has 0 spiro atoms. The number of sulfonamides is 2. The molecule has 0 aliphatic carbocycles. The maximum Gasteiger partial charge on any atom is 0.326 e. The summed E-state index contributed by atoms with van der Waals surface area (Å²) in [5.41, 5.74) is 6.22. The van der Waals surface area contributed by atoms with Crippen LogP contribution < -0.4 is 20.7 Å². The lowest BCUT2D eigenvalue weighted by atomic mass is 10.0. The minimum Gasteiger partial charge on any atom is -0.480 e. The van der Waals surface area contributed by atoms with Crippen LogP contribution in [0.4, 0.5) is 5.69 Å². The molecule has 0 aromatic heterocycles. The number of amides is 1. The fourth-order valence-electron chi connectivity index (χ4n) is 4.79. The first-order chi connectivity index (χ1) is 19.8. The van der Waals surface area contributed by atoms with Gasteiger partial charge < -0.3 is 21.5 Å². The van der Waals surface area contributed by atoms with Gasteiger partial charge in [-0.25, -0.2) is 21.6 Å². The molecule has 1 aliphatic heterocycles. The highest BCUT2D eigenvalue weighted by atomic mass is 32.2. The number of nitrogens with one attached hydrogen (secondary N) is 3. The highest BCUT2D eigenvalue weighted by Crippen LogP contribution is 2.26. The van der Waals surface area contributed by atoms with Crippen LogP contribution in [0.2, 0.25) is 0 Å². The first kappa shape index (κ1) is 32.8. The van der Waals surface area contributed by atoms with Gasteiger partial charge in [0.25, 0.3) is 0 Å². The maximum atomic E-state index is 13.1. The second-order valence-corrected chi connectivity index (χ2v) is 13.9. The van der Waals surface area contributed by atoms with Gasteiger partial charge >= 0.3 is 5.97 Å². The number of carboxylic acid groups (broad SMARTS) is 1. The number of anilines is 1. The number of rotatable bonds is 15. The van der Waals surface area contributed by atoms with Crippen molar-refractivity contribution in [1.29, 1.82) is 5.41 Å². The molecule has 1 fully saturated rings. The van der Waals surface area contributed by atoms with E-state index in [1.807, 2.05) is 0 Å². The Kier molecular flexibility index (Phi) is 11.3. The van der Waals surface area contributed by atoms with Crippen molar-refractivity contribution in [2.24, 2.45) is 5.73 Å². The van der Waals surface area contributed by atoms with Crippen molar-refractivity contribution < 1.29 is 31.5 Å². The summed E-state index contributed by atoms with van der Waals surface area (Å²) in [6.45, 7) is 0.919. The van der Waals surface area contributed by atoms with Crippen molar-refractivity contribution in [1.82, 2.24) is 14.9 Å². The number of nitrogens with zero attached hydrogens (tertiary/aromatic N) is 2. The highest BCUT2D eigenvalue weighted by Gasteiger charge is 2.40. The molecule has 0 radical (unpaired) electrons. The average Bonchev–Trinajstić information content (AvgIpc) is 3.44. The number of carboxylic acids is 1. The zero-order chi connectivity index (χ0) is 30.9. The van der Waals surface area contributed by atoms with Gasteiger partial charge in [0, 0.05) is 26.1 Å². The van der Waals surface area contributed by atoms with E-state index in [1.165, 1.54) is 16.4 Å². The Labute approximate surface area is 246 Å². The molecule has 1 aliphatic rings. The molecular formula is C27H38N6O7S2. The first-order valence-electron chi connectivity index (χ1n) is 13.6. The van der Waals surface area contributed by atoms with Crippen LogP contribution in [0.1, 0.15) is 37.7 Å². The van der Waals surface area contributed by atoms with Crippen molar-refractivity contribution in [3.05, 3.63) is 60.2 Å². The third kappa shape index (κ3) is 8.90. The maximum absolute atomic E-state index is 13.1. The van der Waals surface area contributed by atoms with E-state index in [0.717, 1.165) is 23.4 Å². The summed E-state index contributed by atoms with van der Waals surface area (Å²) in [6.07, 6.45) is 3.79. The van der Waals surface area contributed by atoms with Crippen LogP contribution >= 0.6 is 0 Å². The van der Waals surface area contributed by atoms with E-state index in [9.17, 15) is 31.5 Å². The summed E-state index contributed by atoms with van der Waals surface area (Å²) in [6, 6.07) is 11.8. The van der Waals surface area contributed by atoms with Crippen LogP contribution in [0, 0.1) is 5.41 Å². The van der Waals surface area contributed by atoms with E-state index in [1.54, 1.807) is 42.5 Å². The van der Waals surface area contributed by atoms with Gasteiger partial charge in [0.2, 0.25) is 26.0 Å². The molecule has 15 heteroatoms. The smallest absolute Gasteiger partial charge is 0.326 e. The number of unbranched alkanes of at least 4 members (excludes halogenated alkanes) is 2. The van der Waals surface area contributed by atoms with Crippen molar-refractivity contribution in [2.45, 2.75) is 55.5 Å². The molecule has 230 valence electrons. The van der Waals surface area contributed by atoms with Gasteiger partial charge in [0.05, 0.1) is 16.8 Å². The average molecular weight is 623 g/mol. The fourth-order valence-corrected chi connectivity index (χ4v) is 7.43. The van der Waals surface area contributed by atoms with Gasteiger partial charge in [-0.05, 0) is 61.9 Å². The zero-order valence-electron chi connectivity index (χ0n) is 23.4. The van der Waals surface area contributed by atoms with Gasteiger partial charge in [-0.1, -0.05) is 30.3 Å².